The topological polar surface area (TPSA) is 47.7 Å². The molecule has 2 atom stereocenters. The van der Waals surface area contributed by atoms with Gasteiger partial charge in [-0.2, -0.15) is 0 Å². The summed E-state index contributed by atoms with van der Waals surface area (Å²) in [5, 5.41) is 0. The fraction of sp³-hybridized carbons (Fsp3) is 0.647. The third-order valence-electron chi connectivity index (χ3n) is 4.48. The number of nitrogens with two attached hydrogens (primary N) is 1. The van der Waals surface area contributed by atoms with Gasteiger partial charge >= 0.3 is 0 Å². The number of nitrogens with zero attached hydrogens (tertiary/aromatic N) is 1. The van der Waals surface area contributed by atoms with Gasteiger partial charge in [0.1, 0.15) is 11.5 Å². The van der Waals surface area contributed by atoms with E-state index in [0.717, 1.165) is 36.1 Å². The summed E-state index contributed by atoms with van der Waals surface area (Å²) >= 11 is 0. The molecule has 4 heteroatoms. The molecule has 0 spiro atoms. The van der Waals surface area contributed by atoms with Gasteiger partial charge in [0.05, 0.1) is 20.3 Å². The monoisotopic (exact) mass is 292 g/mol. The third-order valence-corrected chi connectivity index (χ3v) is 4.48. The lowest BCUT2D eigenvalue weighted by atomic mass is 10.0. The van der Waals surface area contributed by atoms with Crippen molar-refractivity contribution >= 4 is 0 Å². The van der Waals surface area contributed by atoms with Crippen LogP contribution < -0.4 is 15.2 Å². The maximum atomic E-state index is 6.07. The van der Waals surface area contributed by atoms with E-state index in [1.54, 1.807) is 14.2 Å². The van der Waals surface area contributed by atoms with E-state index in [4.69, 9.17) is 15.2 Å². The normalized spacial score (nSPS) is 20.5. The summed E-state index contributed by atoms with van der Waals surface area (Å²) < 4.78 is 10.8. The zero-order valence-corrected chi connectivity index (χ0v) is 13.5. The lowest BCUT2D eigenvalue weighted by Gasteiger charge is -2.28. The Balaban J connectivity index is 2.17. The molecule has 1 aromatic rings. The molecule has 0 saturated carbocycles. The molecule has 1 aliphatic rings. The third kappa shape index (κ3) is 3.69. The van der Waals surface area contributed by atoms with E-state index in [2.05, 4.69) is 17.9 Å². The van der Waals surface area contributed by atoms with Crippen molar-refractivity contribution in [1.29, 1.82) is 0 Å². The number of hydrogen-bond acceptors (Lipinski definition) is 4. The van der Waals surface area contributed by atoms with Gasteiger partial charge in [0.15, 0.2) is 0 Å². The second-order valence-electron chi connectivity index (χ2n) is 5.80. The summed E-state index contributed by atoms with van der Waals surface area (Å²) in [6.07, 6.45) is 3.86. The zero-order valence-electron chi connectivity index (χ0n) is 13.5. The van der Waals surface area contributed by atoms with Gasteiger partial charge in [-0.15, -0.1) is 0 Å². The van der Waals surface area contributed by atoms with Crippen LogP contribution in [0.1, 0.15) is 37.8 Å². The summed E-state index contributed by atoms with van der Waals surface area (Å²) in [6.45, 7) is 5.14. The van der Waals surface area contributed by atoms with Crippen molar-refractivity contribution in [3.63, 3.8) is 0 Å². The van der Waals surface area contributed by atoms with Crippen LogP contribution in [-0.2, 0) is 0 Å². The SMILES string of the molecule is CCCC1CCN(C(CN)c2ccc(OC)cc2OC)C1. The maximum Gasteiger partial charge on any atom is 0.127 e. The van der Waals surface area contributed by atoms with Gasteiger partial charge in [0.2, 0.25) is 0 Å². The predicted octanol–water partition coefficient (Wildman–Crippen LogP) is 2.83. The molecule has 118 valence electrons. The Labute approximate surface area is 128 Å². The number of ether oxygens (including phenoxy) is 2. The molecule has 2 unspecified atom stereocenters. The first-order valence-electron chi connectivity index (χ1n) is 7.89. The van der Waals surface area contributed by atoms with Gasteiger partial charge in [-0.1, -0.05) is 19.4 Å². The van der Waals surface area contributed by atoms with Crippen LogP contribution in [0.25, 0.3) is 0 Å². The minimum Gasteiger partial charge on any atom is -0.497 e. The van der Waals surface area contributed by atoms with Crippen molar-refractivity contribution in [3.8, 4) is 11.5 Å². The highest BCUT2D eigenvalue weighted by atomic mass is 16.5. The minimum absolute atomic E-state index is 0.229. The van der Waals surface area contributed by atoms with E-state index >= 15 is 0 Å². The zero-order chi connectivity index (χ0) is 15.2. The Bertz CT molecular complexity index is 450. The van der Waals surface area contributed by atoms with Crippen LogP contribution in [0.15, 0.2) is 18.2 Å². The van der Waals surface area contributed by atoms with E-state index in [9.17, 15) is 0 Å². The molecule has 1 heterocycles. The average Bonchev–Trinajstić information content (AvgIpc) is 2.97. The number of likely N-dealkylation sites (tertiary alicyclic amines) is 1. The number of methoxy groups -OCH3 is 2. The predicted molar refractivity (Wildman–Crippen MR) is 85.9 cm³/mol. The van der Waals surface area contributed by atoms with Crippen LogP contribution in [0.4, 0.5) is 0 Å². The molecule has 1 fully saturated rings. The van der Waals surface area contributed by atoms with E-state index < -0.39 is 0 Å². The smallest absolute Gasteiger partial charge is 0.127 e. The first kappa shape index (κ1) is 16.1. The summed E-state index contributed by atoms with van der Waals surface area (Å²) in [5.41, 5.74) is 7.23. The second-order valence-corrected chi connectivity index (χ2v) is 5.80. The van der Waals surface area contributed by atoms with Gasteiger partial charge in [-0.3, -0.25) is 4.90 Å². The molecule has 4 nitrogen and oxygen atoms in total. The molecule has 0 amide bonds. The number of hydrogen-bond donors (Lipinski definition) is 1. The molecular weight excluding hydrogens is 264 g/mol. The van der Waals surface area contributed by atoms with Gasteiger partial charge in [0.25, 0.3) is 0 Å². The Morgan fingerprint density at radius 3 is 2.76 bits per heavy atom. The van der Waals surface area contributed by atoms with Crippen molar-refractivity contribution in [2.75, 3.05) is 33.9 Å². The Morgan fingerprint density at radius 1 is 1.33 bits per heavy atom. The second kappa shape index (κ2) is 7.66. The molecule has 0 radical (unpaired) electrons. The first-order chi connectivity index (χ1) is 10.2. The van der Waals surface area contributed by atoms with Gasteiger partial charge in [-0.25, -0.2) is 0 Å². The Kier molecular flexibility index (Phi) is 5.88. The Hall–Kier alpha value is -1.26. The Morgan fingerprint density at radius 2 is 2.14 bits per heavy atom. The first-order valence-corrected chi connectivity index (χ1v) is 7.89. The number of rotatable bonds is 7. The largest absolute Gasteiger partial charge is 0.497 e. The van der Waals surface area contributed by atoms with Crippen LogP contribution in [-0.4, -0.2) is 38.8 Å². The molecule has 0 aromatic heterocycles. The lowest BCUT2D eigenvalue weighted by Crippen LogP contribution is -2.32. The van der Waals surface area contributed by atoms with Gasteiger partial charge < -0.3 is 15.2 Å². The fourth-order valence-electron chi connectivity index (χ4n) is 3.36. The molecule has 1 saturated heterocycles. The molecule has 0 bridgehead atoms. The van der Waals surface area contributed by atoms with Crippen LogP contribution >= 0.6 is 0 Å². The highest BCUT2D eigenvalue weighted by molar-refractivity contribution is 5.42. The molecule has 2 rings (SSSR count). The summed E-state index contributed by atoms with van der Waals surface area (Å²) in [5.74, 6) is 2.49. The number of benzene rings is 1. The summed E-state index contributed by atoms with van der Waals surface area (Å²) in [7, 11) is 3.38. The van der Waals surface area contributed by atoms with Crippen LogP contribution in [0.2, 0.25) is 0 Å². The molecule has 2 N–H and O–H groups in total. The quantitative estimate of drug-likeness (QED) is 0.839. The van der Waals surface area contributed by atoms with Gasteiger partial charge in [-0.05, 0) is 31.4 Å². The van der Waals surface area contributed by atoms with E-state index in [0.29, 0.717) is 6.54 Å². The molecular formula is C17H28N2O2. The molecule has 21 heavy (non-hydrogen) atoms. The summed E-state index contributed by atoms with van der Waals surface area (Å²) in [4.78, 5) is 2.50. The van der Waals surface area contributed by atoms with E-state index in [-0.39, 0.29) is 6.04 Å². The van der Waals surface area contributed by atoms with E-state index in [1.165, 1.54) is 19.3 Å². The van der Waals surface area contributed by atoms with Crippen LogP contribution in [0.5, 0.6) is 11.5 Å². The minimum atomic E-state index is 0.229. The standard InChI is InChI=1S/C17H28N2O2/c1-4-5-13-8-9-19(12-13)16(11-18)15-7-6-14(20-2)10-17(15)21-3/h6-7,10,13,16H,4-5,8-9,11-12,18H2,1-3H3. The average molecular weight is 292 g/mol. The molecule has 1 aliphatic heterocycles. The van der Waals surface area contributed by atoms with Crippen molar-refractivity contribution in [1.82, 2.24) is 4.90 Å². The van der Waals surface area contributed by atoms with Crippen LogP contribution in [0, 0.1) is 5.92 Å². The fourth-order valence-corrected chi connectivity index (χ4v) is 3.36. The van der Waals surface area contributed by atoms with E-state index in [1.807, 2.05) is 12.1 Å². The van der Waals surface area contributed by atoms with Crippen molar-refractivity contribution in [2.24, 2.45) is 11.7 Å². The van der Waals surface area contributed by atoms with Crippen LogP contribution in [0.3, 0.4) is 0 Å². The maximum absolute atomic E-state index is 6.07. The van der Waals surface area contributed by atoms with Crippen molar-refractivity contribution in [2.45, 2.75) is 32.2 Å². The van der Waals surface area contributed by atoms with Gasteiger partial charge in [0, 0.05) is 24.7 Å². The summed E-state index contributed by atoms with van der Waals surface area (Å²) in [6, 6.07) is 6.24. The highest BCUT2D eigenvalue weighted by Gasteiger charge is 2.29. The van der Waals surface area contributed by atoms with Crippen molar-refractivity contribution < 1.29 is 9.47 Å². The molecule has 1 aromatic carbocycles. The molecule has 0 aliphatic carbocycles. The van der Waals surface area contributed by atoms with Crippen molar-refractivity contribution in [3.05, 3.63) is 23.8 Å². The highest BCUT2D eigenvalue weighted by Crippen LogP contribution is 2.35. The lowest BCUT2D eigenvalue weighted by molar-refractivity contribution is 0.234.